The fourth-order valence-electron chi connectivity index (χ4n) is 2.33. The average molecular weight is 334 g/mol. The summed E-state index contributed by atoms with van der Waals surface area (Å²) in [5.74, 6) is -0.594. The lowest BCUT2D eigenvalue weighted by atomic mass is 10.0. The minimum absolute atomic E-state index is 0.126. The van der Waals surface area contributed by atoms with Crippen molar-refractivity contribution in [1.82, 2.24) is 0 Å². The van der Waals surface area contributed by atoms with Crippen LogP contribution in [-0.4, -0.2) is 23.5 Å². The molecule has 4 heteroatoms. The van der Waals surface area contributed by atoms with Crippen LogP contribution in [0.4, 0.5) is 0 Å². The maximum Gasteiger partial charge on any atom is 0.313 e. The van der Waals surface area contributed by atoms with Crippen LogP contribution in [0.15, 0.2) is 30.3 Å². The van der Waals surface area contributed by atoms with Gasteiger partial charge in [-0.1, -0.05) is 50.1 Å². The van der Waals surface area contributed by atoms with E-state index in [1.807, 2.05) is 30.3 Å². The predicted octanol–water partition coefficient (Wildman–Crippen LogP) is 4.45. The summed E-state index contributed by atoms with van der Waals surface area (Å²) in [6.07, 6.45) is 2.79. The molecule has 1 aromatic rings. The normalized spacial score (nSPS) is 12.7. The number of ketones is 1. The van der Waals surface area contributed by atoms with E-state index < -0.39 is 11.6 Å². The average Bonchev–Trinajstić information content (AvgIpc) is 2.49. The molecular weight excluding hydrogens is 304 g/mol. The van der Waals surface area contributed by atoms with Gasteiger partial charge in [-0.15, -0.1) is 0 Å². The van der Waals surface area contributed by atoms with E-state index in [9.17, 15) is 9.59 Å². The molecular formula is C20H30O4. The molecule has 0 saturated carbocycles. The van der Waals surface area contributed by atoms with Gasteiger partial charge in [-0.05, 0) is 32.8 Å². The molecule has 1 aromatic carbocycles. The highest BCUT2D eigenvalue weighted by Gasteiger charge is 2.21. The van der Waals surface area contributed by atoms with E-state index in [-0.39, 0.29) is 24.7 Å². The highest BCUT2D eigenvalue weighted by atomic mass is 16.6. The SMILES string of the molecule is CCCCC(CC(=O)CC(=O)OC(C)(C)C)OCc1ccccc1. The molecule has 0 fully saturated rings. The van der Waals surface area contributed by atoms with E-state index in [4.69, 9.17) is 9.47 Å². The Hall–Kier alpha value is -1.68. The van der Waals surface area contributed by atoms with Gasteiger partial charge in [-0.25, -0.2) is 0 Å². The van der Waals surface area contributed by atoms with Gasteiger partial charge in [0.2, 0.25) is 0 Å². The van der Waals surface area contributed by atoms with Crippen molar-refractivity contribution in [3.05, 3.63) is 35.9 Å². The van der Waals surface area contributed by atoms with E-state index in [0.29, 0.717) is 6.61 Å². The summed E-state index contributed by atoms with van der Waals surface area (Å²) in [5, 5.41) is 0. The number of rotatable bonds is 10. The van der Waals surface area contributed by atoms with Gasteiger partial charge in [0, 0.05) is 6.42 Å². The minimum atomic E-state index is -0.567. The lowest BCUT2D eigenvalue weighted by Gasteiger charge is -2.20. The molecule has 0 saturated heterocycles. The van der Waals surface area contributed by atoms with Crippen molar-refractivity contribution in [2.75, 3.05) is 0 Å². The third kappa shape index (κ3) is 9.46. The number of benzene rings is 1. The number of esters is 1. The Morgan fingerprint density at radius 3 is 2.38 bits per heavy atom. The second-order valence-corrected chi connectivity index (χ2v) is 7.07. The van der Waals surface area contributed by atoms with Crippen molar-refractivity contribution in [3.8, 4) is 0 Å². The van der Waals surface area contributed by atoms with Crippen LogP contribution in [0, 0.1) is 0 Å². The molecule has 0 aliphatic rings. The van der Waals surface area contributed by atoms with Crippen molar-refractivity contribution in [3.63, 3.8) is 0 Å². The Labute approximate surface area is 145 Å². The molecule has 134 valence electrons. The van der Waals surface area contributed by atoms with Crippen LogP contribution in [-0.2, 0) is 25.7 Å². The third-order valence-corrected chi connectivity index (χ3v) is 3.43. The van der Waals surface area contributed by atoms with Crippen LogP contribution in [0.1, 0.15) is 65.4 Å². The Kier molecular flexibility index (Phi) is 8.69. The zero-order chi connectivity index (χ0) is 18.0. The van der Waals surface area contributed by atoms with E-state index in [0.717, 1.165) is 24.8 Å². The fraction of sp³-hybridized carbons (Fsp3) is 0.600. The van der Waals surface area contributed by atoms with E-state index in [1.165, 1.54) is 0 Å². The Bertz CT molecular complexity index is 502. The van der Waals surface area contributed by atoms with Crippen LogP contribution in [0.25, 0.3) is 0 Å². The summed E-state index contributed by atoms with van der Waals surface area (Å²) in [5.41, 5.74) is 0.515. The second kappa shape index (κ2) is 10.2. The number of hydrogen-bond acceptors (Lipinski definition) is 4. The molecule has 1 rings (SSSR count). The Balaban J connectivity index is 2.48. The summed E-state index contributed by atoms with van der Waals surface area (Å²) in [7, 11) is 0. The molecule has 0 aliphatic heterocycles. The van der Waals surface area contributed by atoms with Gasteiger partial charge in [0.15, 0.2) is 0 Å². The molecule has 0 radical (unpaired) electrons. The fourth-order valence-corrected chi connectivity index (χ4v) is 2.33. The molecule has 0 amide bonds. The summed E-state index contributed by atoms with van der Waals surface area (Å²) in [4.78, 5) is 23.9. The maximum atomic E-state index is 12.1. The van der Waals surface area contributed by atoms with Crippen molar-refractivity contribution < 1.29 is 19.1 Å². The standard InChI is InChI=1S/C20H30O4/c1-5-6-12-18(23-15-16-10-8-7-9-11-16)13-17(21)14-19(22)24-20(2,3)4/h7-11,18H,5-6,12-15H2,1-4H3. The Morgan fingerprint density at radius 1 is 1.12 bits per heavy atom. The van der Waals surface area contributed by atoms with Crippen LogP contribution in [0.5, 0.6) is 0 Å². The van der Waals surface area contributed by atoms with Crippen molar-refractivity contribution in [2.24, 2.45) is 0 Å². The van der Waals surface area contributed by atoms with Gasteiger partial charge in [0.05, 0.1) is 12.7 Å². The summed E-state index contributed by atoms with van der Waals surface area (Å²) >= 11 is 0. The first-order chi connectivity index (χ1) is 11.3. The van der Waals surface area contributed by atoms with Crippen LogP contribution < -0.4 is 0 Å². The maximum absolute atomic E-state index is 12.1. The number of unbranched alkanes of at least 4 members (excludes halogenated alkanes) is 1. The zero-order valence-corrected chi connectivity index (χ0v) is 15.3. The largest absolute Gasteiger partial charge is 0.460 e. The summed E-state index contributed by atoms with van der Waals surface area (Å²) in [6, 6.07) is 9.89. The highest BCUT2D eigenvalue weighted by Crippen LogP contribution is 2.15. The van der Waals surface area contributed by atoms with Crippen LogP contribution in [0.2, 0.25) is 0 Å². The van der Waals surface area contributed by atoms with Gasteiger partial charge in [-0.2, -0.15) is 0 Å². The molecule has 0 aromatic heterocycles. The number of carbonyl (C=O) groups is 2. The predicted molar refractivity (Wildman–Crippen MR) is 94.6 cm³/mol. The third-order valence-electron chi connectivity index (χ3n) is 3.43. The Morgan fingerprint density at radius 2 is 1.79 bits per heavy atom. The first-order valence-electron chi connectivity index (χ1n) is 8.69. The molecule has 0 aliphatic carbocycles. The van der Waals surface area contributed by atoms with Gasteiger partial charge >= 0.3 is 5.97 Å². The highest BCUT2D eigenvalue weighted by molar-refractivity contribution is 5.95. The first-order valence-corrected chi connectivity index (χ1v) is 8.69. The van der Waals surface area contributed by atoms with Gasteiger partial charge in [-0.3, -0.25) is 9.59 Å². The molecule has 1 atom stereocenters. The number of carbonyl (C=O) groups excluding carboxylic acids is 2. The van der Waals surface area contributed by atoms with Crippen molar-refractivity contribution in [2.45, 2.75) is 78.1 Å². The molecule has 0 N–H and O–H groups in total. The van der Waals surface area contributed by atoms with Gasteiger partial charge in [0.25, 0.3) is 0 Å². The van der Waals surface area contributed by atoms with Gasteiger partial charge in [0.1, 0.15) is 17.8 Å². The second-order valence-electron chi connectivity index (χ2n) is 7.07. The molecule has 1 unspecified atom stereocenters. The number of Topliss-reactive ketones (excluding diaryl/α,β-unsaturated/α-hetero) is 1. The lowest BCUT2D eigenvalue weighted by Crippen LogP contribution is -2.26. The minimum Gasteiger partial charge on any atom is -0.460 e. The molecule has 0 heterocycles. The van der Waals surface area contributed by atoms with E-state index in [1.54, 1.807) is 20.8 Å². The van der Waals surface area contributed by atoms with Crippen molar-refractivity contribution >= 4 is 11.8 Å². The molecule has 0 bridgehead atoms. The molecule has 0 spiro atoms. The smallest absolute Gasteiger partial charge is 0.313 e. The number of ether oxygens (including phenoxy) is 2. The van der Waals surface area contributed by atoms with Crippen molar-refractivity contribution in [1.29, 1.82) is 0 Å². The topological polar surface area (TPSA) is 52.6 Å². The lowest BCUT2D eigenvalue weighted by molar-refractivity contribution is -0.156. The van der Waals surface area contributed by atoms with E-state index >= 15 is 0 Å². The van der Waals surface area contributed by atoms with Crippen LogP contribution >= 0.6 is 0 Å². The monoisotopic (exact) mass is 334 g/mol. The first kappa shape index (κ1) is 20.4. The van der Waals surface area contributed by atoms with E-state index in [2.05, 4.69) is 6.92 Å². The number of hydrogen-bond donors (Lipinski definition) is 0. The quantitative estimate of drug-likeness (QED) is 0.468. The molecule has 4 nitrogen and oxygen atoms in total. The summed E-state index contributed by atoms with van der Waals surface area (Å²) in [6.45, 7) is 7.97. The zero-order valence-electron chi connectivity index (χ0n) is 15.3. The molecule has 24 heavy (non-hydrogen) atoms. The van der Waals surface area contributed by atoms with Crippen LogP contribution in [0.3, 0.4) is 0 Å². The van der Waals surface area contributed by atoms with Gasteiger partial charge < -0.3 is 9.47 Å². The summed E-state index contributed by atoms with van der Waals surface area (Å²) < 4.78 is 11.1.